The SMILES string of the molecule is Cc1ccc(N2C[C@@H](C(=O)Nc3ccc4c(c3)Sc3ccccc3C(=O)N4C(C)C)CC2=O)cc1. The quantitative estimate of drug-likeness (QED) is 0.529. The van der Waals surface area contributed by atoms with Crippen LogP contribution in [0.5, 0.6) is 0 Å². The van der Waals surface area contributed by atoms with Gasteiger partial charge in [0.2, 0.25) is 11.8 Å². The molecule has 6 nitrogen and oxygen atoms in total. The smallest absolute Gasteiger partial charge is 0.259 e. The highest BCUT2D eigenvalue weighted by Gasteiger charge is 2.35. The molecule has 0 saturated carbocycles. The van der Waals surface area contributed by atoms with Gasteiger partial charge in [-0.2, -0.15) is 0 Å². The predicted octanol–water partition coefficient (Wildman–Crippen LogP) is 5.51. The van der Waals surface area contributed by atoms with Crippen LogP contribution >= 0.6 is 11.8 Å². The third-order valence-corrected chi connectivity index (χ3v) is 7.52. The second kappa shape index (κ2) is 9.23. The molecule has 35 heavy (non-hydrogen) atoms. The van der Waals surface area contributed by atoms with E-state index in [9.17, 15) is 14.4 Å². The summed E-state index contributed by atoms with van der Waals surface area (Å²) in [6.07, 6.45) is 0.183. The van der Waals surface area contributed by atoms with Crippen molar-refractivity contribution in [3.05, 3.63) is 77.9 Å². The largest absolute Gasteiger partial charge is 0.326 e. The first-order valence-electron chi connectivity index (χ1n) is 11.7. The highest BCUT2D eigenvalue weighted by atomic mass is 32.2. The number of carbonyl (C=O) groups excluding carboxylic acids is 3. The fourth-order valence-electron chi connectivity index (χ4n) is 4.58. The third-order valence-electron chi connectivity index (χ3n) is 6.40. The van der Waals surface area contributed by atoms with Crippen molar-refractivity contribution in [3.8, 4) is 0 Å². The third kappa shape index (κ3) is 4.44. The molecular weight excluding hydrogens is 458 g/mol. The number of hydrogen-bond acceptors (Lipinski definition) is 4. The number of rotatable bonds is 4. The summed E-state index contributed by atoms with van der Waals surface area (Å²) in [7, 11) is 0. The molecule has 0 aromatic heterocycles. The first-order valence-corrected chi connectivity index (χ1v) is 12.6. The zero-order chi connectivity index (χ0) is 24.7. The molecule has 0 aliphatic carbocycles. The molecule has 2 aliphatic heterocycles. The maximum atomic E-state index is 13.3. The minimum Gasteiger partial charge on any atom is -0.326 e. The lowest BCUT2D eigenvalue weighted by Crippen LogP contribution is -2.37. The molecule has 2 heterocycles. The summed E-state index contributed by atoms with van der Waals surface area (Å²) in [5.74, 6) is -0.679. The van der Waals surface area contributed by atoms with E-state index in [1.807, 2.05) is 87.5 Å². The molecule has 1 fully saturated rings. The Bertz CT molecular complexity index is 1320. The van der Waals surface area contributed by atoms with Gasteiger partial charge in [0.1, 0.15) is 0 Å². The van der Waals surface area contributed by atoms with Crippen molar-refractivity contribution in [3.63, 3.8) is 0 Å². The lowest BCUT2D eigenvalue weighted by atomic mass is 10.1. The van der Waals surface area contributed by atoms with E-state index in [-0.39, 0.29) is 30.2 Å². The van der Waals surface area contributed by atoms with Crippen LogP contribution in [0.1, 0.15) is 36.2 Å². The van der Waals surface area contributed by atoms with Crippen LogP contribution in [0, 0.1) is 12.8 Å². The van der Waals surface area contributed by atoms with Gasteiger partial charge in [-0.25, -0.2) is 0 Å². The Hall–Kier alpha value is -3.58. The van der Waals surface area contributed by atoms with Gasteiger partial charge in [-0.15, -0.1) is 0 Å². The van der Waals surface area contributed by atoms with Gasteiger partial charge in [0.05, 0.1) is 17.2 Å². The van der Waals surface area contributed by atoms with E-state index in [0.29, 0.717) is 17.8 Å². The zero-order valence-electron chi connectivity index (χ0n) is 19.9. The van der Waals surface area contributed by atoms with E-state index in [1.54, 1.807) is 9.80 Å². The average molecular weight is 486 g/mol. The summed E-state index contributed by atoms with van der Waals surface area (Å²) >= 11 is 1.52. The molecule has 3 aromatic rings. The van der Waals surface area contributed by atoms with Crippen LogP contribution < -0.4 is 15.1 Å². The second-order valence-electron chi connectivity index (χ2n) is 9.28. The number of anilines is 3. The Labute approximate surface area is 209 Å². The van der Waals surface area contributed by atoms with Gasteiger partial charge in [0.15, 0.2) is 0 Å². The van der Waals surface area contributed by atoms with E-state index in [1.165, 1.54) is 11.8 Å². The molecule has 3 amide bonds. The summed E-state index contributed by atoms with van der Waals surface area (Å²) in [6.45, 7) is 6.34. The Kier molecular flexibility index (Phi) is 6.11. The summed E-state index contributed by atoms with van der Waals surface area (Å²) in [4.78, 5) is 44.3. The molecule has 2 aliphatic rings. The Morgan fingerprint density at radius 1 is 1.00 bits per heavy atom. The zero-order valence-corrected chi connectivity index (χ0v) is 20.8. The molecule has 1 N–H and O–H groups in total. The van der Waals surface area contributed by atoms with Crippen LogP contribution in [-0.2, 0) is 9.59 Å². The Balaban J connectivity index is 1.38. The van der Waals surface area contributed by atoms with Crippen molar-refractivity contribution in [2.75, 3.05) is 21.7 Å². The van der Waals surface area contributed by atoms with Gasteiger partial charge in [-0.3, -0.25) is 14.4 Å². The summed E-state index contributed by atoms with van der Waals surface area (Å²) in [5, 5.41) is 3.00. The van der Waals surface area contributed by atoms with Crippen LogP contribution in [0.2, 0.25) is 0 Å². The van der Waals surface area contributed by atoms with Crippen LogP contribution in [0.15, 0.2) is 76.5 Å². The molecule has 3 aromatic carbocycles. The van der Waals surface area contributed by atoms with Crippen molar-refractivity contribution in [1.82, 2.24) is 0 Å². The molecule has 5 rings (SSSR count). The monoisotopic (exact) mass is 485 g/mol. The maximum Gasteiger partial charge on any atom is 0.259 e. The number of nitrogens with one attached hydrogen (secondary N) is 1. The Morgan fingerprint density at radius 3 is 2.49 bits per heavy atom. The molecule has 0 spiro atoms. The van der Waals surface area contributed by atoms with Crippen molar-refractivity contribution < 1.29 is 14.4 Å². The minimum atomic E-state index is -0.426. The van der Waals surface area contributed by atoms with Crippen molar-refractivity contribution in [2.45, 2.75) is 43.0 Å². The highest BCUT2D eigenvalue weighted by molar-refractivity contribution is 7.99. The van der Waals surface area contributed by atoms with Crippen LogP contribution in [0.3, 0.4) is 0 Å². The molecule has 1 saturated heterocycles. The van der Waals surface area contributed by atoms with E-state index in [2.05, 4.69) is 5.32 Å². The van der Waals surface area contributed by atoms with Crippen LogP contribution in [0.4, 0.5) is 17.1 Å². The minimum absolute atomic E-state index is 0.0225. The van der Waals surface area contributed by atoms with Crippen molar-refractivity contribution in [1.29, 1.82) is 0 Å². The van der Waals surface area contributed by atoms with Gasteiger partial charge >= 0.3 is 0 Å². The summed E-state index contributed by atoms with van der Waals surface area (Å²) < 4.78 is 0. The number of aryl methyl sites for hydroxylation is 1. The topological polar surface area (TPSA) is 69.7 Å². The number of fused-ring (bicyclic) bond motifs is 2. The number of nitrogens with zero attached hydrogens (tertiary/aromatic N) is 2. The summed E-state index contributed by atoms with van der Waals surface area (Å²) in [5.41, 5.74) is 4.09. The van der Waals surface area contributed by atoms with Gasteiger partial charge in [0, 0.05) is 40.2 Å². The first-order chi connectivity index (χ1) is 16.8. The fraction of sp³-hybridized carbons (Fsp3) is 0.250. The van der Waals surface area contributed by atoms with Crippen LogP contribution in [-0.4, -0.2) is 30.3 Å². The molecule has 0 unspecified atom stereocenters. The van der Waals surface area contributed by atoms with Gasteiger partial charge in [0.25, 0.3) is 5.91 Å². The molecule has 0 bridgehead atoms. The lowest BCUT2D eigenvalue weighted by Gasteiger charge is -2.27. The number of carbonyl (C=O) groups is 3. The molecule has 7 heteroatoms. The number of amides is 3. The standard InChI is InChI=1S/C28H27N3O3S/c1-17(2)31-23-13-10-20(15-25(23)35-24-7-5-4-6-22(24)28(31)34)29-27(33)19-14-26(32)30(16-19)21-11-8-18(3)9-12-21/h4-13,15,17,19H,14,16H2,1-3H3,(H,29,33)/t19-/m0/s1. The fourth-order valence-corrected chi connectivity index (χ4v) is 5.68. The molecular formula is C28H27N3O3S. The molecule has 178 valence electrons. The predicted molar refractivity (Wildman–Crippen MR) is 139 cm³/mol. The average Bonchev–Trinajstić information content (AvgIpc) is 3.17. The lowest BCUT2D eigenvalue weighted by molar-refractivity contribution is -0.122. The van der Waals surface area contributed by atoms with Crippen molar-refractivity contribution in [2.24, 2.45) is 5.92 Å². The highest BCUT2D eigenvalue weighted by Crippen LogP contribution is 2.43. The maximum absolute atomic E-state index is 13.3. The normalized spacial score (nSPS) is 17.3. The second-order valence-corrected chi connectivity index (χ2v) is 10.4. The van der Waals surface area contributed by atoms with E-state index in [4.69, 9.17) is 0 Å². The van der Waals surface area contributed by atoms with Gasteiger partial charge < -0.3 is 15.1 Å². The van der Waals surface area contributed by atoms with Crippen LogP contribution in [0.25, 0.3) is 0 Å². The van der Waals surface area contributed by atoms with E-state index in [0.717, 1.165) is 26.7 Å². The Morgan fingerprint density at radius 2 is 1.74 bits per heavy atom. The molecule has 1 atom stereocenters. The van der Waals surface area contributed by atoms with Gasteiger partial charge in [-0.1, -0.05) is 41.6 Å². The first kappa shape index (κ1) is 23.2. The molecule has 0 radical (unpaired) electrons. The van der Waals surface area contributed by atoms with E-state index >= 15 is 0 Å². The number of hydrogen-bond donors (Lipinski definition) is 1. The summed E-state index contributed by atoms with van der Waals surface area (Å²) in [6, 6.07) is 21.0. The van der Waals surface area contributed by atoms with Crippen molar-refractivity contribution >= 4 is 46.5 Å². The van der Waals surface area contributed by atoms with Gasteiger partial charge in [-0.05, 0) is 63.2 Å². The van der Waals surface area contributed by atoms with E-state index < -0.39 is 5.92 Å². The number of benzene rings is 3.